The number of hydrogen-bond donors (Lipinski definition) is 0. The summed E-state index contributed by atoms with van der Waals surface area (Å²) in [6.45, 7) is 6.32. The van der Waals surface area contributed by atoms with E-state index in [-0.39, 0.29) is 12.1 Å². The van der Waals surface area contributed by atoms with E-state index in [0.717, 1.165) is 13.1 Å². The van der Waals surface area contributed by atoms with Crippen LogP contribution in [-0.2, 0) is 9.53 Å². The van der Waals surface area contributed by atoms with Crippen LogP contribution in [0.5, 0.6) is 0 Å². The summed E-state index contributed by atoms with van der Waals surface area (Å²) in [5, 5.41) is 0. The fraction of sp³-hybridized carbons (Fsp3) is 0.889. The molecule has 12 heavy (non-hydrogen) atoms. The highest BCUT2D eigenvalue weighted by Crippen LogP contribution is 2.06. The van der Waals surface area contributed by atoms with Gasteiger partial charge >= 0.3 is 5.97 Å². The average molecular weight is 171 g/mol. The number of ether oxygens (including phenoxy) is 1. The Kier molecular flexibility index (Phi) is 3.53. The van der Waals surface area contributed by atoms with Gasteiger partial charge < -0.3 is 4.74 Å². The van der Waals surface area contributed by atoms with Crippen molar-refractivity contribution in [1.29, 1.82) is 0 Å². The Morgan fingerprint density at radius 2 is 2.00 bits per heavy atom. The number of likely N-dealkylation sites (tertiary alicyclic amines) is 1. The molecule has 1 aliphatic rings. The molecular formula is C9H17NO2. The van der Waals surface area contributed by atoms with Gasteiger partial charge in [-0.1, -0.05) is 0 Å². The largest absolute Gasteiger partial charge is 0.462 e. The maximum Gasteiger partial charge on any atom is 0.320 e. The van der Waals surface area contributed by atoms with Gasteiger partial charge in [-0.25, -0.2) is 0 Å². The molecule has 0 N–H and O–H groups in total. The van der Waals surface area contributed by atoms with Gasteiger partial charge in [-0.2, -0.15) is 0 Å². The van der Waals surface area contributed by atoms with Crippen LogP contribution in [0.25, 0.3) is 0 Å². The maximum absolute atomic E-state index is 11.1. The number of carbonyl (C=O) groups excluding carboxylic acids is 1. The molecule has 0 amide bonds. The molecule has 0 aromatic carbocycles. The lowest BCUT2D eigenvalue weighted by atomic mass is 10.4. The molecule has 0 unspecified atom stereocenters. The van der Waals surface area contributed by atoms with E-state index < -0.39 is 0 Å². The second-order valence-corrected chi connectivity index (χ2v) is 3.52. The molecule has 0 aromatic heterocycles. The monoisotopic (exact) mass is 171 g/mol. The van der Waals surface area contributed by atoms with Crippen LogP contribution < -0.4 is 0 Å². The summed E-state index contributed by atoms with van der Waals surface area (Å²) < 4.78 is 5.03. The summed E-state index contributed by atoms with van der Waals surface area (Å²) in [5.41, 5.74) is 0. The molecule has 0 spiro atoms. The molecule has 1 fully saturated rings. The van der Waals surface area contributed by atoms with E-state index in [1.807, 2.05) is 13.8 Å². The van der Waals surface area contributed by atoms with Crippen molar-refractivity contribution < 1.29 is 9.53 Å². The van der Waals surface area contributed by atoms with Crippen molar-refractivity contribution in [3.8, 4) is 0 Å². The van der Waals surface area contributed by atoms with Crippen molar-refractivity contribution in [3.63, 3.8) is 0 Å². The molecular weight excluding hydrogens is 154 g/mol. The average Bonchev–Trinajstić information content (AvgIpc) is 2.37. The number of nitrogens with zero attached hydrogens (tertiary/aromatic N) is 1. The first kappa shape index (κ1) is 9.52. The molecule has 1 heterocycles. The lowest BCUT2D eigenvalue weighted by Crippen LogP contribution is -2.29. The van der Waals surface area contributed by atoms with Gasteiger partial charge in [0.25, 0.3) is 0 Å². The summed E-state index contributed by atoms with van der Waals surface area (Å²) in [7, 11) is 0. The van der Waals surface area contributed by atoms with E-state index in [2.05, 4.69) is 4.90 Å². The summed E-state index contributed by atoms with van der Waals surface area (Å²) in [4.78, 5) is 13.3. The summed E-state index contributed by atoms with van der Waals surface area (Å²) in [5.74, 6) is -0.0908. The lowest BCUT2D eigenvalue weighted by Gasteiger charge is -2.14. The minimum absolute atomic E-state index is 0.0140. The third-order valence-electron chi connectivity index (χ3n) is 1.92. The highest BCUT2D eigenvalue weighted by atomic mass is 16.5. The number of hydrogen-bond acceptors (Lipinski definition) is 3. The molecule has 0 bridgehead atoms. The second kappa shape index (κ2) is 4.45. The number of carbonyl (C=O) groups is 1. The van der Waals surface area contributed by atoms with Crippen LogP contribution in [0, 0.1) is 0 Å². The SMILES string of the molecule is CC(C)OC(=O)CN1CCCC1. The summed E-state index contributed by atoms with van der Waals surface area (Å²) >= 11 is 0. The van der Waals surface area contributed by atoms with Crippen LogP contribution in [0.15, 0.2) is 0 Å². The zero-order chi connectivity index (χ0) is 8.97. The molecule has 0 atom stereocenters. The van der Waals surface area contributed by atoms with Gasteiger partial charge in [-0.05, 0) is 39.8 Å². The van der Waals surface area contributed by atoms with Gasteiger partial charge in [-0.15, -0.1) is 0 Å². The molecule has 0 radical (unpaired) electrons. The van der Waals surface area contributed by atoms with Crippen LogP contribution in [0.2, 0.25) is 0 Å². The van der Waals surface area contributed by atoms with Gasteiger partial charge in [0.15, 0.2) is 0 Å². The first-order valence-corrected chi connectivity index (χ1v) is 4.60. The second-order valence-electron chi connectivity index (χ2n) is 3.52. The van der Waals surface area contributed by atoms with Crippen molar-refractivity contribution in [2.45, 2.75) is 32.8 Å². The fourth-order valence-electron chi connectivity index (χ4n) is 1.42. The molecule has 0 aliphatic carbocycles. The summed E-state index contributed by atoms with van der Waals surface area (Å²) in [6.07, 6.45) is 2.45. The first-order chi connectivity index (χ1) is 5.68. The zero-order valence-electron chi connectivity index (χ0n) is 7.88. The molecule has 1 rings (SSSR count). The third kappa shape index (κ3) is 3.22. The van der Waals surface area contributed by atoms with E-state index in [1.165, 1.54) is 12.8 Å². The van der Waals surface area contributed by atoms with Gasteiger partial charge in [0.2, 0.25) is 0 Å². The Balaban J connectivity index is 2.16. The van der Waals surface area contributed by atoms with Crippen LogP contribution >= 0.6 is 0 Å². The van der Waals surface area contributed by atoms with Gasteiger partial charge in [0.05, 0.1) is 12.6 Å². The van der Waals surface area contributed by atoms with E-state index in [9.17, 15) is 4.79 Å². The molecule has 0 aromatic rings. The van der Waals surface area contributed by atoms with Gasteiger partial charge in [0.1, 0.15) is 0 Å². The highest BCUT2D eigenvalue weighted by Gasteiger charge is 2.16. The van der Waals surface area contributed by atoms with Crippen molar-refractivity contribution in [3.05, 3.63) is 0 Å². The Morgan fingerprint density at radius 3 is 2.50 bits per heavy atom. The number of esters is 1. The van der Waals surface area contributed by atoms with Crippen LogP contribution in [0.1, 0.15) is 26.7 Å². The van der Waals surface area contributed by atoms with Crippen molar-refractivity contribution in [1.82, 2.24) is 4.90 Å². The number of rotatable bonds is 3. The van der Waals surface area contributed by atoms with Crippen LogP contribution in [0.3, 0.4) is 0 Å². The Hall–Kier alpha value is -0.570. The molecule has 70 valence electrons. The third-order valence-corrected chi connectivity index (χ3v) is 1.92. The van der Waals surface area contributed by atoms with Gasteiger partial charge in [0, 0.05) is 0 Å². The van der Waals surface area contributed by atoms with E-state index in [1.54, 1.807) is 0 Å². The Morgan fingerprint density at radius 1 is 1.42 bits per heavy atom. The smallest absolute Gasteiger partial charge is 0.320 e. The van der Waals surface area contributed by atoms with Gasteiger partial charge in [-0.3, -0.25) is 9.69 Å². The first-order valence-electron chi connectivity index (χ1n) is 4.60. The predicted molar refractivity (Wildman–Crippen MR) is 46.9 cm³/mol. The molecule has 0 saturated carbocycles. The zero-order valence-corrected chi connectivity index (χ0v) is 7.88. The Labute approximate surface area is 73.7 Å². The summed E-state index contributed by atoms with van der Waals surface area (Å²) in [6, 6.07) is 0. The van der Waals surface area contributed by atoms with Crippen molar-refractivity contribution in [2.75, 3.05) is 19.6 Å². The quantitative estimate of drug-likeness (QED) is 0.594. The molecule has 3 heteroatoms. The predicted octanol–water partition coefficient (Wildman–Crippen LogP) is 1.03. The Bertz CT molecular complexity index is 151. The molecule has 1 aliphatic heterocycles. The molecule has 3 nitrogen and oxygen atoms in total. The van der Waals surface area contributed by atoms with Crippen LogP contribution in [0.4, 0.5) is 0 Å². The van der Waals surface area contributed by atoms with Crippen LogP contribution in [-0.4, -0.2) is 36.6 Å². The molecule has 1 saturated heterocycles. The minimum Gasteiger partial charge on any atom is -0.462 e. The van der Waals surface area contributed by atoms with E-state index in [0.29, 0.717) is 6.54 Å². The minimum atomic E-state index is -0.0908. The van der Waals surface area contributed by atoms with E-state index in [4.69, 9.17) is 4.74 Å². The van der Waals surface area contributed by atoms with E-state index >= 15 is 0 Å². The van der Waals surface area contributed by atoms with Crippen molar-refractivity contribution >= 4 is 5.97 Å². The lowest BCUT2D eigenvalue weighted by molar-refractivity contribution is -0.148. The standard InChI is InChI=1S/C9H17NO2/c1-8(2)12-9(11)7-10-5-3-4-6-10/h8H,3-7H2,1-2H3. The normalized spacial score (nSPS) is 18.6. The topological polar surface area (TPSA) is 29.5 Å². The maximum atomic E-state index is 11.1. The highest BCUT2D eigenvalue weighted by molar-refractivity contribution is 5.71. The van der Waals surface area contributed by atoms with Crippen molar-refractivity contribution in [2.24, 2.45) is 0 Å². The fourth-order valence-corrected chi connectivity index (χ4v) is 1.42.